The van der Waals surface area contributed by atoms with Gasteiger partial charge in [-0.25, -0.2) is 0 Å². The number of carbonyl (C=O) groups excluding carboxylic acids is 1. The summed E-state index contributed by atoms with van der Waals surface area (Å²) in [5.74, 6) is 0.0430. The van der Waals surface area contributed by atoms with E-state index in [0.29, 0.717) is 18.5 Å². The molecule has 114 valence electrons. The molecule has 0 aliphatic carbocycles. The van der Waals surface area contributed by atoms with Crippen LogP contribution in [0.4, 0.5) is 4.79 Å². The van der Waals surface area contributed by atoms with Gasteiger partial charge >= 0.3 is 0 Å². The van der Waals surface area contributed by atoms with Crippen molar-refractivity contribution in [2.75, 3.05) is 6.54 Å². The summed E-state index contributed by atoms with van der Waals surface area (Å²) in [6.45, 7) is 6.30. The molecule has 2 rings (SSSR count). The van der Waals surface area contributed by atoms with Crippen LogP contribution in [0, 0.1) is 5.41 Å². The van der Waals surface area contributed by atoms with Gasteiger partial charge in [0.05, 0.1) is 6.04 Å². The number of rotatable bonds is 1. The molecule has 6 nitrogen and oxygen atoms in total. The number of hydrogen-bond acceptors (Lipinski definition) is 4. The number of carboxylic acid groups (broad SMARTS) is 1. The van der Waals surface area contributed by atoms with Gasteiger partial charge in [-0.15, -0.1) is 0 Å². The highest BCUT2D eigenvalue weighted by Gasteiger charge is 2.37. The molecule has 1 amide bonds. The van der Waals surface area contributed by atoms with Gasteiger partial charge in [-0.1, -0.05) is 44.1 Å². The Labute approximate surface area is 123 Å². The Morgan fingerprint density at radius 1 is 1.48 bits per heavy atom. The summed E-state index contributed by atoms with van der Waals surface area (Å²) < 4.78 is 0. The first-order chi connectivity index (χ1) is 9.77. The average molecular weight is 290 g/mol. The van der Waals surface area contributed by atoms with Crippen LogP contribution in [0.2, 0.25) is 0 Å². The van der Waals surface area contributed by atoms with Gasteiger partial charge in [0.1, 0.15) is 6.09 Å². The Balaban J connectivity index is 2.63. The lowest BCUT2D eigenvalue weighted by Crippen LogP contribution is -2.50. The molecular formula is C15H20N3O3-. The first-order valence-electron chi connectivity index (χ1n) is 6.84. The summed E-state index contributed by atoms with van der Waals surface area (Å²) in [5.41, 5.74) is 7.91. The van der Waals surface area contributed by atoms with E-state index in [-0.39, 0.29) is 17.3 Å². The standard InChI is InChI=1S/C15H21N3O3/c1-15(2,3)12-10-5-4-6-11(13(16)17-21)9(10)7-8-18(12)14(19)20/h4-6,12,21H,7-8H2,1-3H3,(H2,16,17)(H,19,20)/p-1. The monoisotopic (exact) mass is 290 g/mol. The van der Waals surface area contributed by atoms with Gasteiger partial charge in [-0.2, -0.15) is 0 Å². The molecule has 21 heavy (non-hydrogen) atoms. The van der Waals surface area contributed by atoms with Crippen molar-refractivity contribution in [3.63, 3.8) is 0 Å². The van der Waals surface area contributed by atoms with E-state index in [0.717, 1.165) is 11.1 Å². The maximum Gasteiger partial charge on any atom is 0.170 e. The second-order valence-corrected chi connectivity index (χ2v) is 6.34. The maximum atomic E-state index is 11.4. The molecular weight excluding hydrogens is 270 g/mol. The van der Waals surface area contributed by atoms with Crippen molar-refractivity contribution >= 4 is 11.9 Å². The summed E-state index contributed by atoms with van der Waals surface area (Å²) in [6, 6.07) is 5.15. The highest BCUT2D eigenvalue weighted by atomic mass is 16.4. The van der Waals surface area contributed by atoms with Crippen molar-refractivity contribution in [2.45, 2.75) is 33.2 Å². The van der Waals surface area contributed by atoms with Crippen molar-refractivity contribution in [2.24, 2.45) is 16.3 Å². The number of oxime groups is 1. The largest absolute Gasteiger partial charge is 0.530 e. The van der Waals surface area contributed by atoms with Crippen LogP contribution in [-0.2, 0) is 6.42 Å². The molecule has 6 heteroatoms. The van der Waals surface area contributed by atoms with Gasteiger partial charge in [0.2, 0.25) is 0 Å². The van der Waals surface area contributed by atoms with Gasteiger partial charge in [0.15, 0.2) is 5.84 Å². The highest BCUT2D eigenvalue weighted by Crippen LogP contribution is 2.42. The van der Waals surface area contributed by atoms with E-state index < -0.39 is 6.09 Å². The predicted octanol–water partition coefficient (Wildman–Crippen LogP) is 1.07. The Bertz CT molecular complexity index is 590. The summed E-state index contributed by atoms with van der Waals surface area (Å²) in [7, 11) is 0. The molecule has 1 heterocycles. The smallest absolute Gasteiger partial charge is 0.170 e. The van der Waals surface area contributed by atoms with Crippen LogP contribution in [0.25, 0.3) is 0 Å². The molecule has 0 bridgehead atoms. The van der Waals surface area contributed by atoms with Gasteiger partial charge in [0, 0.05) is 12.1 Å². The summed E-state index contributed by atoms with van der Waals surface area (Å²) in [5, 5.41) is 23.4. The fourth-order valence-electron chi connectivity index (χ4n) is 3.09. The van der Waals surface area contributed by atoms with Crippen molar-refractivity contribution < 1.29 is 15.1 Å². The first-order valence-corrected chi connectivity index (χ1v) is 6.84. The minimum absolute atomic E-state index is 0.0430. The molecule has 0 saturated heterocycles. The maximum absolute atomic E-state index is 11.4. The quantitative estimate of drug-likeness (QED) is 0.349. The number of amidine groups is 1. The van der Waals surface area contributed by atoms with Crippen LogP contribution < -0.4 is 10.8 Å². The Morgan fingerprint density at radius 2 is 2.14 bits per heavy atom. The fourth-order valence-corrected chi connectivity index (χ4v) is 3.09. The van der Waals surface area contributed by atoms with Crippen LogP contribution in [0.15, 0.2) is 23.4 Å². The van der Waals surface area contributed by atoms with Gasteiger partial charge in [-0.3, -0.25) is 0 Å². The van der Waals surface area contributed by atoms with E-state index >= 15 is 0 Å². The van der Waals surface area contributed by atoms with E-state index in [9.17, 15) is 9.90 Å². The SMILES string of the molecule is CC(C)(C)C1c2cccc(C(N)=NO)c2CCN1C(=O)[O-]. The lowest BCUT2D eigenvalue weighted by atomic mass is 9.76. The third kappa shape index (κ3) is 2.66. The van der Waals surface area contributed by atoms with Crippen LogP contribution in [0.3, 0.4) is 0 Å². The van der Waals surface area contributed by atoms with Crippen molar-refractivity contribution in [1.29, 1.82) is 0 Å². The van der Waals surface area contributed by atoms with Crippen LogP contribution in [0.5, 0.6) is 0 Å². The van der Waals surface area contributed by atoms with Crippen molar-refractivity contribution in [1.82, 2.24) is 4.90 Å². The molecule has 1 aliphatic rings. The van der Waals surface area contributed by atoms with E-state index in [1.54, 1.807) is 12.1 Å². The topological polar surface area (TPSA) is 102 Å². The van der Waals surface area contributed by atoms with Crippen LogP contribution in [-0.4, -0.2) is 28.6 Å². The Hall–Kier alpha value is -2.24. The van der Waals surface area contributed by atoms with Gasteiger partial charge < -0.3 is 25.7 Å². The van der Waals surface area contributed by atoms with Crippen LogP contribution in [0.1, 0.15) is 43.5 Å². The minimum Gasteiger partial charge on any atom is -0.530 e. The number of fused-ring (bicyclic) bond motifs is 1. The van der Waals surface area contributed by atoms with E-state index in [1.165, 1.54) is 4.90 Å². The molecule has 3 N–H and O–H groups in total. The molecule has 0 aromatic heterocycles. The first kappa shape index (κ1) is 15.2. The third-order valence-electron chi connectivity index (χ3n) is 3.86. The predicted molar refractivity (Wildman–Crippen MR) is 77.0 cm³/mol. The fraction of sp³-hybridized carbons (Fsp3) is 0.467. The zero-order valence-electron chi connectivity index (χ0n) is 12.5. The van der Waals surface area contributed by atoms with Crippen molar-refractivity contribution in [3.05, 3.63) is 34.9 Å². The Kier molecular flexibility index (Phi) is 3.80. The molecule has 0 fully saturated rings. The van der Waals surface area contributed by atoms with Gasteiger partial charge in [0.25, 0.3) is 0 Å². The molecule has 0 saturated carbocycles. The molecule has 1 atom stereocenters. The zero-order valence-corrected chi connectivity index (χ0v) is 12.5. The molecule has 1 aromatic rings. The number of benzene rings is 1. The molecule has 1 aliphatic heterocycles. The Morgan fingerprint density at radius 3 is 2.67 bits per heavy atom. The van der Waals surface area contributed by atoms with E-state index in [1.807, 2.05) is 26.8 Å². The zero-order chi connectivity index (χ0) is 15.8. The number of nitrogens with zero attached hydrogens (tertiary/aromatic N) is 2. The second-order valence-electron chi connectivity index (χ2n) is 6.34. The van der Waals surface area contributed by atoms with E-state index in [2.05, 4.69) is 5.16 Å². The summed E-state index contributed by atoms with van der Waals surface area (Å²) >= 11 is 0. The highest BCUT2D eigenvalue weighted by molar-refractivity contribution is 5.98. The van der Waals surface area contributed by atoms with Crippen LogP contribution >= 0.6 is 0 Å². The molecule has 1 unspecified atom stereocenters. The number of hydrogen-bond donors (Lipinski definition) is 2. The molecule has 0 spiro atoms. The summed E-state index contributed by atoms with van der Waals surface area (Å²) in [4.78, 5) is 12.8. The van der Waals surface area contributed by atoms with Gasteiger partial charge in [-0.05, 0) is 23.0 Å². The molecule has 1 aromatic carbocycles. The average Bonchev–Trinajstić information content (AvgIpc) is 2.43. The number of nitrogens with two attached hydrogens (primary N) is 1. The minimum atomic E-state index is -1.17. The summed E-state index contributed by atoms with van der Waals surface area (Å²) in [6.07, 6.45) is -0.655. The van der Waals surface area contributed by atoms with E-state index in [4.69, 9.17) is 10.9 Å². The lowest BCUT2D eigenvalue weighted by molar-refractivity contribution is -0.270. The van der Waals surface area contributed by atoms with Crippen molar-refractivity contribution in [3.8, 4) is 0 Å². The number of carbonyl (C=O) groups is 1. The molecule has 0 radical (unpaired) electrons. The lowest BCUT2D eigenvalue weighted by Gasteiger charge is -2.46. The number of amides is 1. The normalized spacial score (nSPS) is 19.3. The third-order valence-corrected chi connectivity index (χ3v) is 3.86. The second kappa shape index (κ2) is 5.27.